The molecule has 1 fully saturated rings. The van der Waals surface area contributed by atoms with E-state index in [1.807, 2.05) is 0 Å². The van der Waals surface area contributed by atoms with Gasteiger partial charge in [0.05, 0.1) is 11.9 Å². The van der Waals surface area contributed by atoms with Crippen LogP contribution in [0.1, 0.15) is 56.3 Å². The van der Waals surface area contributed by atoms with Crippen LogP contribution >= 0.6 is 11.3 Å². The van der Waals surface area contributed by atoms with Crippen molar-refractivity contribution in [1.82, 2.24) is 24.5 Å². The van der Waals surface area contributed by atoms with Gasteiger partial charge in [-0.3, -0.25) is 0 Å². The SMILES string of the molecule is CCc1nnc2n1CC(C1CCCCC1)c1cnn(-c3ccsc3)c1-2. The van der Waals surface area contributed by atoms with Gasteiger partial charge in [-0.2, -0.15) is 16.4 Å². The second-order valence-electron chi connectivity index (χ2n) is 7.25. The first kappa shape index (κ1) is 15.3. The van der Waals surface area contributed by atoms with Crippen LogP contribution in [0.15, 0.2) is 23.0 Å². The van der Waals surface area contributed by atoms with E-state index in [1.165, 1.54) is 37.7 Å². The van der Waals surface area contributed by atoms with Gasteiger partial charge in [-0.05, 0) is 30.2 Å². The van der Waals surface area contributed by atoms with Gasteiger partial charge in [-0.1, -0.05) is 26.2 Å². The van der Waals surface area contributed by atoms with Crippen LogP contribution in [0.2, 0.25) is 0 Å². The number of hydrogen-bond donors (Lipinski definition) is 0. The lowest BCUT2D eigenvalue weighted by atomic mass is 9.75. The van der Waals surface area contributed by atoms with Crippen LogP contribution < -0.4 is 0 Å². The summed E-state index contributed by atoms with van der Waals surface area (Å²) in [6.45, 7) is 3.18. The molecule has 3 aromatic heterocycles. The number of aromatic nitrogens is 5. The second kappa shape index (κ2) is 6.09. The van der Waals surface area contributed by atoms with Gasteiger partial charge in [0, 0.05) is 29.8 Å². The van der Waals surface area contributed by atoms with E-state index in [0.29, 0.717) is 5.92 Å². The number of nitrogens with zero attached hydrogens (tertiary/aromatic N) is 5. The highest BCUT2D eigenvalue weighted by atomic mass is 32.1. The van der Waals surface area contributed by atoms with E-state index in [1.54, 1.807) is 11.3 Å². The average molecular weight is 353 g/mol. The molecular formula is C19H23N5S. The highest BCUT2D eigenvalue weighted by molar-refractivity contribution is 7.08. The summed E-state index contributed by atoms with van der Waals surface area (Å²) in [5.41, 5.74) is 3.66. The summed E-state index contributed by atoms with van der Waals surface area (Å²) in [6, 6.07) is 2.13. The number of hydrogen-bond acceptors (Lipinski definition) is 4. The molecule has 1 saturated carbocycles. The first-order valence-electron chi connectivity index (χ1n) is 9.39. The zero-order valence-electron chi connectivity index (χ0n) is 14.6. The van der Waals surface area contributed by atoms with Crippen molar-refractivity contribution in [2.45, 2.75) is 57.9 Å². The van der Waals surface area contributed by atoms with Crippen molar-refractivity contribution in [3.63, 3.8) is 0 Å². The minimum Gasteiger partial charge on any atom is -0.309 e. The summed E-state index contributed by atoms with van der Waals surface area (Å²) < 4.78 is 4.42. The molecule has 5 rings (SSSR count). The highest BCUT2D eigenvalue weighted by Gasteiger charge is 2.36. The predicted octanol–water partition coefficient (Wildman–Crippen LogP) is 4.43. The Kier molecular flexibility index (Phi) is 3.73. The number of fused-ring (bicyclic) bond motifs is 3. The van der Waals surface area contributed by atoms with Crippen molar-refractivity contribution in [3.8, 4) is 17.2 Å². The predicted molar refractivity (Wildman–Crippen MR) is 99.2 cm³/mol. The largest absolute Gasteiger partial charge is 0.309 e. The van der Waals surface area contributed by atoms with Gasteiger partial charge in [-0.25, -0.2) is 4.68 Å². The van der Waals surface area contributed by atoms with Crippen LogP contribution in [-0.4, -0.2) is 24.5 Å². The van der Waals surface area contributed by atoms with Crippen LogP contribution in [0.3, 0.4) is 0 Å². The third-order valence-electron chi connectivity index (χ3n) is 5.90. The Bertz CT molecular complexity index is 870. The van der Waals surface area contributed by atoms with E-state index < -0.39 is 0 Å². The molecule has 25 heavy (non-hydrogen) atoms. The minimum absolute atomic E-state index is 0.538. The van der Waals surface area contributed by atoms with Crippen LogP contribution in [0.25, 0.3) is 17.2 Å². The van der Waals surface area contributed by atoms with Gasteiger partial charge in [0.25, 0.3) is 0 Å². The summed E-state index contributed by atoms with van der Waals surface area (Å²) in [6.07, 6.45) is 9.82. The van der Waals surface area contributed by atoms with Crippen LogP contribution in [0, 0.1) is 5.92 Å². The maximum Gasteiger partial charge on any atom is 0.183 e. The number of thiophene rings is 1. The molecule has 5 nitrogen and oxygen atoms in total. The first-order valence-corrected chi connectivity index (χ1v) is 10.3. The van der Waals surface area contributed by atoms with Gasteiger partial charge in [0.15, 0.2) is 5.82 Å². The van der Waals surface area contributed by atoms with E-state index in [9.17, 15) is 0 Å². The molecule has 4 heterocycles. The lowest BCUT2D eigenvalue weighted by Gasteiger charge is -2.33. The van der Waals surface area contributed by atoms with Gasteiger partial charge < -0.3 is 4.57 Å². The van der Waals surface area contributed by atoms with Gasteiger partial charge in [0.1, 0.15) is 11.5 Å². The van der Waals surface area contributed by atoms with Gasteiger partial charge >= 0.3 is 0 Å². The van der Waals surface area contributed by atoms with Crippen LogP contribution in [0.4, 0.5) is 0 Å². The molecule has 0 radical (unpaired) electrons. The fraction of sp³-hybridized carbons (Fsp3) is 0.526. The molecule has 0 amide bonds. The van der Waals surface area contributed by atoms with Crippen molar-refractivity contribution in [2.24, 2.45) is 5.92 Å². The normalized spacial score (nSPS) is 20.4. The van der Waals surface area contributed by atoms with E-state index in [2.05, 4.69) is 49.4 Å². The van der Waals surface area contributed by atoms with Gasteiger partial charge in [0.2, 0.25) is 0 Å². The Morgan fingerprint density at radius 2 is 2.08 bits per heavy atom. The Morgan fingerprint density at radius 3 is 2.84 bits per heavy atom. The maximum absolute atomic E-state index is 4.76. The summed E-state index contributed by atoms with van der Waals surface area (Å²) in [5.74, 6) is 3.38. The molecule has 1 aliphatic carbocycles. The van der Waals surface area contributed by atoms with Gasteiger partial charge in [-0.15, -0.1) is 10.2 Å². The highest BCUT2D eigenvalue weighted by Crippen LogP contribution is 2.44. The van der Waals surface area contributed by atoms with E-state index in [-0.39, 0.29) is 0 Å². The molecule has 6 heteroatoms. The molecule has 0 aromatic carbocycles. The summed E-state index contributed by atoms with van der Waals surface area (Å²) in [4.78, 5) is 0. The third-order valence-corrected chi connectivity index (χ3v) is 6.57. The molecule has 1 aliphatic heterocycles. The fourth-order valence-corrected chi connectivity index (χ4v) is 5.24. The maximum atomic E-state index is 4.76. The average Bonchev–Trinajstić information content (AvgIpc) is 3.39. The molecule has 1 unspecified atom stereocenters. The molecule has 2 aliphatic rings. The number of rotatable bonds is 3. The molecule has 1 atom stereocenters. The molecule has 3 aromatic rings. The first-order chi connectivity index (χ1) is 12.4. The van der Waals surface area contributed by atoms with Crippen molar-refractivity contribution in [3.05, 3.63) is 34.4 Å². The Hall–Kier alpha value is -1.95. The zero-order chi connectivity index (χ0) is 16.8. The van der Waals surface area contributed by atoms with Crippen LogP contribution in [-0.2, 0) is 13.0 Å². The van der Waals surface area contributed by atoms with E-state index >= 15 is 0 Å². The molecule has 0 saturated heterocycles. The second-order valence-corrected chi connectivity index (χ2v) is 8.03. The lowest BCUT2D eigenvalue weighted by molar-refractivity contribution is 0.280. The Morgan fingerprint density at radius 1 is 1.20 bits per heavy atom. The summed E-state index contributed by atoms with van der Waals surface area (Å²) in [5, 5.41) is 18.0. The monoisotopic (exact) mass is 353 g/mol. The third kappa shape index (κ3) is 2.38. The quantitative estimate of drug-likeness (QED) is 0.700. The molecule has 0 spiro atoms. The summed E-state index contributed by atoms with van der Waals surface area (Å²) >= 11 is 1.70. The Balaban J connectivity index is 1.67. The summed E-state index contributed by atoms with van der Waals surface area (Å²) in [7, 11) is 0. The molecule has 0 N–H and O–H groups in total. The minimum atomic E-state index is 0.538. The molecule has 130 valence electrons. The number of aryl methyl sites for hydroxylation is 1. The topological polar surface area (TPSA) is 48.5 Å². The lowest BCUT2D eigenvalue weighted by Crippen LogP contribution is -2.26. The molecular weight excluding hydrogens is 330 g/mol. The smallest absolute Gasteiger partial charge is 0.183 e. The van der Waals surface area contributed by atoms with E-state index in [0.717, 1.165) is 41.9 Å². The Labute approximate surface area is 151 Å². The molecule has 0 bridgehead atoms. The van der Waals surface area contributed by atoms with Crippen molar-refractivity contribution >= 4 is 11.3 Å². The van der Waals surface area contributed by atoms with Crippen molar-refractivity contribution in [1.29, 1.82) is 0 Å². The standard InChI is InChI=1S/C19H23N5S/c1-2-17-21-22-19-18-15(10-20-24(18)14-8-9-25-12-14)16(11-23(17)19)13-6-4-3-5-7-13/h8-10,12-13,16H,2-7,11H2,1H3. The van der Waals surface area contributed by atoms with Crippen LogP contribution in [0.5, 0.6) is 0 Å². The van der Waals surface area contributed by atoms with Crippen molar-refractivity contribution < 1.29 is 0 Å². The van der Waals surface area contributed by atoms with E-state index in [4.69, 9.17) is 5.10 Å². The van der Waals surface area contributed by atoms with Crippen molar-refractivity contribution in [2.75, 3.05) is 0 Å². The fourth-order valence-electron chi connectivity index (χ4n) is 4.63. The zero-order valence-corrected chi connectivity index (χ0v) is 15.4.